The number of carbonyl (C=O) groups excluding carboxylic acids is 2. The number of esters is 2. The van der Waals surface area contributed by atoms with Crippen molar-refractivity contribution in [3.05, 3.63) is 70.2 Å². The summed E-state index contributed by atoms with van der Waals surface area (Å²) in [5.41, 5.74) is 2.17. The highest BCUT2D eigenvalue weighted by atomic mass is 16.5. The number of para-hydroxylation sites is 2. The lowest BCUT2D eigenvalue weighted by molar-refractivity contribution is -0.145. The van der Waals surface area contributed by atoms with Crippen LogP contribution in [0, 0.1) is 0 Å². The molecule has 7 nitrogen and oxygen atoms in total. The van der Waals surface area contributed by atoms with E-state index in [1.165, 1.54) is 11.7 Å². The van der Waals surface area contributed by atoms with Gasteiger partial charge in [-0.25, -0.2) is 9.59 Å². The maximum absolute atomic E-state index is 12.0. The van der Waals surface area contributed by atoms with Gasteiger partial charge in [0.25, 0.3) is 0 Å². The largest absolute Gasteiger partial charge is 0.465 e. The van der Waals surface area contributed by atoms with Gasteiger partial charge in [-0.1, -0.05) is 24.3 Å². The van der Waals surface area contributed by atoms with Crippen LogP contribution in [0.2, 0.25) is 0 Å². The fraction of sp³-hybridized carbons (Fsp3) is 0.211. The number of rotatable bonds is 6. The molecule has 134 valence electrons. The monoisotopic (exact) mass is 355 g/mol. The minimum Gasteiger partial charge on any atom is -0.465 e. The zero-order valence-electron chi connectivity index (χ0n) is 14.1. The number of ether oxygens (including phenoxy) is 2. The topological polar surface area (TPSA) is 87.7 Å². The van der Waals surface area contributed by atoms with Gasteiger partial charge in [-0.15, -0.1) is 0 Å². The van der Waals surface area contributed by atoms with Crippen molar-refractivity contribution >= 4 is 23.0 Å². The summed E-state index contributed by atoms with van der Waals surface area (Å²) < 4.78 is 16.4. The number of aryl methyl sites for hydroxylation is 1. The lowest BCUT2D eigenvalue weighted by Crippen LogP contribution is -2.17. The van der Waals surface area contributed by atoms with Crippen LogP contribution < -0.4 is 5.76 Å². The molecule has 1 aromatic heterocycles. The van der Waals surface area contributed by atoms with E-state index in [0.717, 1.165) is 0 Å². The molecule has 0 saturated carbocycles. The maximum atomic E-state index is 12.0. The first-order chi connectivity index (χ1) is 12.6. The Bertz CT molecular complexity index is 1000. The first kappa shape index (κ1) is 17.5. The Hall–Kier alpha value is -3.35. The van der Waals surface area contributed by atoms with E-state index in [0.29, 0.717) is 22.2 Å². The summed E-state index contributed by atoms with van der Waals surface area (Å²) >= 11 is 0. The van der Waals surface area contributed by atoms with Crippen molar-refractivity contribution in [3.63, 3.8) is 0 Å². The molecule has 0 aliphatic rings. The minimum atomic E-state index is -0.509. The highest BCUT2D eigenvalue weighted by molar-refractivity contribution is 5.89. The van der Waals surface area contributed by atoms with Crippen molar-refractivity contribution in [1.29, 1.82) is 0 Å². The molecule has 0 radical (unpaired) electrons. The number of fused-ring (bicyclic) bond motifs is 1. The van der Waals surface area contributed by atoms with Gasteiger partial charge in [-0.05, 0) is 29.8 Å². The number of aromatic nitrogens is 1. The van der Waals surface area contributed by atoms with E-state index in [1.807, 2.05) is 0 Å². The Balaban J connectivity index is 1.59. The van der Waals surface area contributed by atoms with Crippen LogP contribution in [-0.2, 0) is 27.4 Å². The molecule has 0 fully saturated rings. The third-order valence-electron chi connectivity index (χ3n) is 3.86. The summed E-state index contributed by atoms with van der Waals surface area (Å²) in [6.07, 6.45) is 0.0279. The third-order valence-corrected chi connectivity index (χ3v) is 3.86. The van der Waals surface area contributed by atoms with Gasteiger partial charge in [0.2, 0.25) is 0 Å². The van der Waals surface area contributed by atoms with Crippen LogP contribution in [0.1, 0.15) is 22.3 Å². The first-order valence-corrected chi connectivity index (χ1v) is 8.00. The molecule has 7 heteroatoms. The molecule has 0 spiro atoms. The zero-order valence-corrected chi connectivity index (χ0v) is 14.1. The van der Waals surface area contributed by atoms with Gasteiger partial charge in [0.1, 0.15) is 6.61 Å². The van der Waals surface area contributed by atoms with Crippen molar-refractivity contribution in [2.75, 3.05) is 7.11 Å². The van der Waals surface area contributed by atoms with Gasteiger partial charge < -0.3 is 13.9 Å². The summed E-state index contributed by atoms with van der Waals surface area (Å²) in [6.45, 7) is 0.196. The smallest absolute Gasteiger partial charge is 0.419 e. The average molecular weight is 355 g/mol. The van der Waals surface area contributed by atoms with E-state index >= 15 is 0 Å². The van der Waals surface area contributed by atoms with Crippen LogP contribution in [0.5, 0.6) is 0 Å². The lowest BCUT2D eigenvalue weighted by atomic mass is 10.1. The summed E-state index contributed by atoms with van der Waals surface area (Å²) in [7, 11) is 1.30. The quantitative estimate of drug-likeness (QED) is 0.632. The van der Waals surface area contributed by atoms with E-state index in [4.69, 9.17) is 9.15 Å². The van der Waals surface area contributed by atoms with E-state index in [1.54, 1.807) is 48.5 Å². The molecule has 26 heavy (non-hydrogen) atoms. The molecular formula is C19H17NO6. The van der Waals surface area contributed by atoms with Crippen LogP contribution in [0.25, 0.3) is 11.1 Å². The minimum absolute atomic E-state index is 0.0279. The van der Waals surface area contributed by atoms with Crippen molar-refractivity contribution in [2.24, 2.45) is 0 Å². The van der Waals surface area contributed by atoms with Gasteiger partial charge in [0, 0.05) is 6.54 Å². The van der Waals surface area contributed by atoms with Crippen molar-refractivity contribution in [3.8, 4) is 0 Å². The molecule has 0 amide bonds. The molecule has 1 heterocycles. The van der Waals surface area contributed by atoms with Crippen molar-refractivity contribution in [1.82, 2.24) is 4.57 Å². The summed E-state index contributed by atoms with van der Waals surface area (Å²) in [6, 6.07) is 13.7. The van der Waals surface area contributed by atoms with Gasteiger partial charge >= 0.3 is 17.7 Å². The van der Waals surface area contributed by atoms with Crippen molar-refractivity contribution < 1.29 is 23.5 Å². The van der Waals surface area contributed by atoms with Gasteiger partial charge in [0.15, 0.2) is 5.58 Å². The molecular weight excluding hydrogens is 338 g/mol. The Labute approximate surface area is 148 Å². The summed E-state index contributed by atoms with van der Waals surface area (Å²) in [5.74, 6) is -1.42. The van der Waals surface area contributed by atoms with E-state index in [2.05, 4.69) is 4.74 Å². The first-order valence-electron chi connectivity index (χ1n) is 8.00. The number of benzene rings is 2. The Morgan fingerprint density at radius 3 is 2.73 bits per heavy atom. The third kappa shape index (κ3) is 3.83. The molecule has 0 bridgehead atoms. The Morgan fingerprint density at radius 1 is 1.12 bits per heavy atom. The molecule has 0 aliphatic carbocycles. The average Bonchev–Trinajstić information content (AvgIpc) is 2.99. The standard InChI is InChI=1S/C19H17NO6/c1-24-18(22)14-6-4-5-13(11-14)12-25-17(21)9-10-20-15-7-2-3-8-16(15)26-19(20)23/h2-8,11H,9-10,12H2,1H3. The van der Waals surface area contributed by atoms with Crippen LogP contribution in [0.3, 0.4) is 0 Å². The van der Waals surface area contributed by atoms with Gasteiger partial charge in [0.05, 0.1) is 24.6 Å². The summed E-state index contributed by atoms with van der Waals surface area (Å²) in [5, 5.41) is 0. The molecule has 0 atom stereocenters. The fourth-order valence-corrected chi connectivity index (χ4v) is 2.57. The second-order valence-electron chi connectivity index (χ2n) is 5.59. The molecule has 0 aliphatic heterocycles. The number of oxazole rings is 1. The van der Waals surface area contributed by atoms with Gasteiger partial charge in [-0.3, -0.25) is 9.36 Å². The molecule has 0 unspecified atom stereocenters. The number of hydrogen-bond acceptors (Lipinski definition) is 6. The molecule has 3 rings (SSSR count). The number of methoxy groups -OCH3 is 1. The van der Waals surface area contributed by atoms with Crippen LogP contribution in [0.15, 0.2) is 57.7 Å². The predicted octanol–water partition coefficient (Wildman–Crippen LogP) is 2.51. The summed E-state index contributed by atoms with van der Waals surface area (Å²) in [4.78, 5) is 35.3. The van der Waals surface area contributed by atoms with Crippen LogP contribution >= 0.6 is 0 Å². The number of carbonyl (C=O) groups is 2. The van der Waals surface area contributed by atoms with Crippen molar-refractivity contribution in [2.45, 2.75) is 19.6 Å². The fourth-order valence-electron chi connectivity index (χ4n) is 2.57. The van der Waals surface area contributed by atoms with E-state index < -0.39 is 17.7 Å². The molecule has 0 saturated heterocycles. The van der Waals surface area contributed by atoms with Gasteiger partial charge in [-0.2, -0.15) is 0 Å². The predicted molar refractivity (Wildman–Crippen MR) is 92.7 cm³/mol. The Kier molecular flexibility index (Phi) is 5.17. The van der Waals surface area contributed by atoms with Crippen LogP contribution in [-0.4, -0.2) is 23.6 Å². The zero-order chi connectivity index (χ0) is 18.5. The highest BCUT2D eigenvalue weighted by Crippen LogP contribution is 2.13. The Morgan fingerprint density at radius 2 is 1.92 bits per heavy atom. The van der Waals surface area contributed by atoms with Crippen LogP contribution in [0.4, 0.5) is 0 Å². The second-order valence-corrected chi connectivity index (χ2v) is 5.59. The molecule has 2 aromatic carbocycles. The van der Waals surface area contributed by atoms with E-state index in [-0.39, 0.29) is 19.6 Å². The lowest BCUT2D eigenvalue weighted by Gasteiger charge is -2.07. The number of nitrogens with zero attached hydrogens (tertiary/aromatic N) is 1. The SMILES string of the molecule is COC(=O)c1cccc(COC(=O)CCn2c(=O)oc3ccccc32)c1. The highest BCUT2D eigenvalue weighted by Gasteiger charge is 2.12. The molecule has 3 aromatic rings. The molecule has 0 N–H and O–H groups in total. The van der Waals surface area contributed by atoms with E-state index in [9.17, 15) is 14.4 Å². The second kappa shape index (κ2) is 7.69. The normalized spacial score (nSPS) is 10.7. The maximum Gasteiger partial charge on any atom is 0.419 e. The number of hydrogen-bond donors (Lipinski definition) is 0.